The van der Waals surface area contributed by atoms with Gasteiger partial charge in [-0.1, -0.05) is 18.2 Å². The minimum Gasteiger partial charge on any atom is -0.457 e. The van der Waals surface area contributed by atoms with Gasteiger partial charge in [-0.2, -0.15) is 0 Å². The van der Waals surface area contributed by atoms with Crippen LogP contribution in [0.5, 0.6) is 11.5 Å². The van der Waals surface area contributed by atoms with E-state index < -0.39 is 0 Å². The van der Waals surface area contributed by atoms with E-state index in [0.717, 1.165) is 39.0 Å². The van der Waals surface area contributed by atoms with Gasteiger partial charge in [0.2, 0.25) is 0 Å². The van der Waals surface area contributed by atoms with E-state index in [0.29, 0.717) is 0 Å². The van der Waals surface area contributed by atoms with Gasteiger partial charge in [0.15, 0.2) is 0 Å². The van der Waals surface area contributed by atoms with Crippen LogP contribution in [0.4, 0.5) is 5.69 Å². The predicted octanol–water partition coefficient (Wildman–Crippen LogP) is 4.10. The first-order valence-corrected chi connectivity index (χ1v) is 7.08. The standard InChI is InChI=1S/C18H15N3O/c1-21-11-20-17-8-7-14(10-18(17)21)22-13-6-5-12-3-2-4-16(19)15(12)9-13/h2-11H,19H2,1H3. The Labute approximate surface area is 127 Å². The summed E-state index contributed by atoms with van der Waals surface area (Å²) in [6, 6.07) is 17.7. The van der Waals surface area contributed by atoms with Crippen LogP contribution in [0.15, 0.2) is 60.9 Å². The number of imidazole rings is 1. The highest BCUT2D eigenvalue weighted by Gasteiger charge is 2.05. The van der Waals surface area contributed by atoms with Crippen molar-refractivity contribution in [2.45, 2.75) is 0 Å². The monoisotopic (exact) mass is 289 g/mol. The molecule has 0 unspecified atom stereocenters. The van der Waals surface area contributed by atoms with E-state index >= 15 is 0 Å². The topological polar surface area (TPSA) is 53.1 Å². The number of nitrogen functional groups attached to an aromatic ring is 1. The van der Waals surface area contributed by atoms with Gasteiger partial charge < -0.3 is 15.0 Å². The fourth-order valence-electron chi connectivity index (χ4n) is 2.64. The van der Waals surface area contributed by atoms with Crippen LogP contribution in [0.1, 0.15) is 0 Å². The highest BCUT2D eigenvalue weighted by molar-refractivity contribution is 5.93. The van der Waals surface area contributed by atoms with E-state index in [1.165, 1.54) is 0 Å². The van der Waals surface area contributed by atoms with Crippen molar-refractivity contribution >= 4 is 27.5 Å². The van der Waals surface area contributed by atoms with Gasteiger partial charge in [-0.15, -0.1) is 0 Å². The average molecular weight is 289 g/mol. The maximum atomic E-state index is 6.03. The van der Waals surface area contributed by atoms with Crippen molar-refractivity contribution in [2.75, 3.05) is 5.73 Å². The quantitative estimate of drug-likeness (QED) is 0.565. The van der Waals surface area contributed by atoms with Crippen LogP contribution in [0.2, 0.25) is 0 Å². The average Bonchev–Trinajstić information content (AvgIpc) is 2.89. The summed E-state index contributed by atoms with van der Waals surface area (Å²) >= 11 is 0. The molecule has 4 rings (SSSR count). The summed E-state index contributed by atoms with van der Waals surface area (Å²) in [5, 5.41) is 2.11. The fraction of sp³-hybridized carbons (Fsp3) is 0.0556. The molecule has 0 bridgehead atoms. The van der Waals surface area contributed by atoms with Crippen molar-refractivity contribution in [1.82, 2.24) is 9.55 Å². The molecule has 0 amide bonds. The Morgan fingerprint density at radius 1 is 1.00 bits per heavy atom. The van der Waals surface area contributed by atoms with Crippen LogP contribution in [0, 0.1) is 0 Å². The Balaban J connectivity index is 1.75. The highest BCUT2D eigenvalue weighted by Crippen LogP contribution is 2.29. The molecule has 0 atom stereocenters. The lowest BCUT2D eigenvalue weighted by molar-refractivity contribution is 0.484. The molecule has 0 aliphatic heterocycles. The van der Waals surface area contributed by atoms with Gasteiger partial charge in [-0.3, -0.25) is 0 Å². The lowest BCUT2D eigenvalue weighted by Gasteiger charge is -2.08. The molecule has 0 saturated carbocycles. The molecule has 0 radical (unpaired) electrons. The van der Waals surface area contributed by atoms with Gasteiger partial charge in [-0.25, -0.2) is 4.98 Å². The molecule has 1 heterocycles. The maximum absolute atomic E-state index is 6.03. The first-order valence-electron chi connectivity index (χ1n) is 7.08. The lowest BCUT2D eigenvalue weighted by Crippen LogP contribution is -1.89. The summed E-state index contributed by atoms with van der Waals surface area (Å²) in [4.78, 5) is 4.31. The van der Waals surface area contributed by atoms with Gasteiger partial charge in [0.25, 0.3) is 0 Å². The molecule has 0 spiro atoms. The van der Waals surface area contributed by atoms with Crippen LogP contribution >= 0.6 is 0 Å². The van der Waals surface area contributed by atoms with Crippen LogP contribution in [0.25, 0.3) is 21.8 Å². The summed E-state index contributed by atoms with van der Waals surface area (Å²) in [6.07, 6.45) is 1.80. The smallest absolute Gasteiger partial charge is 0.129 e. The first kappa shape index (κ1) is 12.7. The zero-order valence-electron chi connectivity index (χ0n) is 12.2. The number of aromatic nitrogens is 2. The molecule has 4 aromatic rings. The second kappa shape index (κ2) is 4.77. The Bertz CT molecular complexity index is 988. The van der Waals surface area contributed by atoms with E-state index in [9.17, 15) is 0 Å². The van der Waals surface area contributed by atoms with Crippen molar-refractivity contribution in [3.05, 3.63) is 60.9 Å². The number of hydrogen-bond donors (Lipinski definition) is 1. The van der Waals surface area contributed by atoms with Gasteiger partial charge in [-0.05, 0) is 35.7 Å². The van der Waals surface area contributed by atoms with Crippen molar-refractivity contribution in [3.8, 4) is 11.5 Å². The third-order valence-corrected chi connectivity index (χ3v) is 3.82. The molecule has 0 saturated heterocycles. The zero-order chi connectivity index (χ0) is 15.1. The highest BCUT2D eigenvalue weighted by atomic mass is 16.5. The summed E-state index contributed by atoms with van der Waals surface area (Å²) in [5.74, 6) is 1.55. The Morgan fingerprint density at radius 2 is 1.82 bits per heavy atom. The van der Waals surface area contributed by atoms with Crippen LogP contribution in [-0.2, 0) is 7.05 Å². The van der Waals surface area contributed by atoms with E-state index in [4.69, 9.17) is 10.5 Å². The number of fused-ring (bicyclic) bond motifs is 2. The molecule has 22 heavy (non-hydrogen) atoms. The number of hydrogen-bond acceptors (Lipinski definition) is 3. The Kier molecular flexibility index (Phi) is 2.76. The summed E-state index contributed by atoms with van der Waals surface area (Å²) < 4.78 is 7.95. The lowest BCUT2D eigenvalue weighted by atomic mass is 10.1. The molecule has 4 heteroatoms. The predicted molar refractivity (Wildman–Crippen MR) is 89.1 cm³/mol. The number of aryl methyl sites for hydroxylation is 1. The van der Waals surface area contributed by atoms with Gasteiger partial charge >= 0.3 is 0 Å². The molecular weight excluding hydrogens is 274 g/mol. The molecule has 0 aliphatic rings. The van der Waals surface area contributed by atoms with Gasteiger partial charge in [0.1, 0.15) is 11.5 Å². The number of nitrogens with two attached hydrogens (primary N) is 1. The number of nitrogens with zero attached hydrogens (tertiary/aromatic N) is 2. The van der Waals surface area contributed by atoms with Crippen LogP contribution in [-0.4, -0.2) is 9.55 Å². The summed E-state index contributed by atoms with van der Waals surface area (Å²) in [6.45, 7) is 0. The molecule has 1 aromatic heterocycles. The second-order valence-corrected chi connectivity index (χ2v) is 5.34. The number of benzene rings is 3. The van der Waals surface area contributed by atoms with Crippen molar-refractivity contribution in [3.63, 3.8) is 0 Å². The van der Waals surface area contributed by atoms with Crippen LogP contribution < -0.4 is 10.5 Å². The SMILES string of the molecule is Cn1cnc2ccc(Oc3ccc4cccc(N)c4c3)cc21. The number of rotatable bonds is 2. The molecule has 108 valence electrons. The molecule has 4 nitrogen and oxygen atoms in total. The first-order chi connectivity index (χ1) is 10.7. The number of ether oxygens (including phenoxy) is 1. The van der Waals surface area contributed by atoms with Gasteiger partial charge in [0.05, 0.1) is 17.4 Å². The van der Waals surface area contributed by atoms with Crippen LogP contribution in [0.3, 0.4) is 0 Å². The van der Waals surface area contributed by atoms with Crippen molar-refractivity contribution in [2.24, 2.45) is 7.05 Å². The molecule has 0 aliphatic carbocycles. The van der Waals surface area contributed by atoms with Crippen molar-refractivity contribution in [1.29, 1.82) is 0 Å². The van der Waals surface area contributed by atoms with Crippen molar-refractivity contribution < 1.29 is 4.74 Å². The summed E-state index contributed by atoms with van der Waals surface area (Å²) in [7, 11) is 1.97. The third-order valence-electron chi connectivity index (χ3n) is 3.82. The zero-order valence-corrected chi connectivity index (χ0v) is 12.2. The fourth-order valence-corrected chi connectivity index (χ4v) is 2.64. The van der Waals surface area contributed by atoms with E-state index in [2.05, 4.69) is 4.98 Å². The maximum Gasteiger partial charge on any atom is 0.129 e. The largest absolute Gasteiger partial charge is 0.457 e. The van der Waals surface area contributed by atoms with Gasteiger partial charge in [0, 0.05) is 24.2 Å². The van der Waals surface area contributed by atoms with E-state index in [1.807, 2.05) is 66.2 Å². The Morgan fingerprint density at radius 3 is 2.73 bits per heavy atom. The summed E-state index contributed by atoms with van der Waals surface area (Å²) in [5.41, 5.74) is 8.78. The second-order valence-electron chi connectivity index (χ2n) is 5.34. The molecule has 3 aromatic carbocycles. The van der Waals surface area contributed by atoms with E-state index in [-0.39, 0.29) is 0 Å². The third kappa shape index (κ3) is 2.05. The minimum absolute atomic E-state index is 0.755. The Hall–Kier alpha value is -3.01. The molecule has 0 fully saturated rings. The number of anilines is 1. The van der Waals surface area contributed by atoms with E-state index in [1.54, 1.807) is 6.33 Å². The molecule has 2 N–H and O–H groups in total. The minimum atomic E-state index is 0.755. The normalized spacial score (nSPS) is 11.1. The molecular formula is C18H15N3O.